The molecule has 4 heteroatoms. The summed E-state index contributed by atoms with van der Waals surface area (Å²) in [5.41, 5.74) is 3.95. The molecule has 0 spiro atoms. The molecule has 4 nitrogen and oxygen atoms in total. The molecular formula is C15H23N3O. The van der Waals surface area contributed by atoms with Crippen molar-refractivity contribution < 1.29 is 4.79 Å². The molecule has 2 atom stereocenters. The Labute approximate surface area is 114 Å². The highest BCUT2D eigenvalue weighted by molar-refractivity contribution is 5.95. The van der Waals surface area contributed by atoms with Crippen LogP contribution in [0, 0.1) is 0 Å². The standard InChI is InChI=1S/C15H23N3O/c1-11-6-5-7-12(2)18(11)10-13-8-3-4-9-14(13)15(19)17-16/h3-4,8-9,11-12H,5-7,10,16H2,1-2H3,(H,17,19). The van der Waals surface area contributed by atoms with E-state index >= 15 is 0 Å². The molecule has 1 fully saturated rings. The van der Waals surface area contributed by atoms with Gasteiger partial charge in [0.15, 0.2) is 0 Å². The summed E-state index contributed by atoms with van der Waals surface area (Å²) in [5.74, 6) is 5.03. The van der Waals surface area contributed by atoms with E-state index in [4.69, 9.17) is 5.84 Å². The molecule has 3 N–H and O–H groups in total. The Morgan fingerprint density at radius 2 is 1.95 bits per heavy atom. The average Bonchev–Trinajstić information content (AvgIpc) is 2.42. The predicted octanol–water partition coefficient (Wildman–Crippen LogP) is 2.05. The van der Waals surface area contributed by atoms with Gasteiger partial charge in [-0.25, -0.2) is 5.84 Å². The molecule has 1 saturated heterocycles. The van der Waals surface area contributed by atoms with Gasteiger partial charge < -0.3 is 0 Å². The van der Waals surface area contributed by atoms with Gasteiger partial charge in [-0.05, 0) is 38.3 Å². The van der Waals surface area contributed by atoms with Crippen molar-refractivity contribution in [3.63, 3.8) is 0 Å². The first-order chi connectivity index (χ1) is 9.13. The molecule has 2 rings (SSSR count). The van der Waals surface area contributed by atoms with E-state index in [0.29, 0.717) is 17.6 Å². The van der Waals surface area contributed by atoms with E-state index in [9.17, 15) is 4.79 Å². The van der Waals surface area contributed by atoms with Gasteiger partial charge in [0, 0.05) is 24.2 Å². The number of likely N-dealkylation sites (tertiary alicyclic amines) is 1. The third-order valence-corrected chi connectivity index (χ3v) is 4.12. The second-order valence-electron chi connectivity index (χ2n) is 5.43. The Morgan fingerprint density at radius 3 is 2.58 bits per heavy atom. The van der Waals surface area contributed by atoms with Gasteiger partial charge in [-0.1, -0.05) is 24.6 Å². The Bertz CT molecular complexity index is 437. The average molecular weight is 261 g/mol. The molecule has 1 aliphatic heterocycles. The van der Waals surface area contributed by atoms with Crippen molar-refractivity contribution >= 4 is 5.91 Å². The van der Waals surface area contributed by atoms with Gasteiger partial charge in [-0.3, -0.25) is 15.1 Å². The molecule has 2 unspecified atom stereocenters. The molecule has 19 heavy (non-hydrogen) atoms. The van der Waals surface area contributed by atoms with Crippen molar-refractivity contribution in [2.45, 2.75) is 51.7 Å². The van der Waals surface area contributed by atoms with E-state index in [1.807, 2.05) is 24.3 Å². The van der Waals surface area contributed by atoms with Crippen molar-refractivity contribution in [1.82, 2.24) is 10.3 Å². The molecule has 1 heterocycles. The number of hydrogen-bond acceptors (Lipinski definition) is 3. The van der Waals surface area contributed by atoms with Crippen molar-refractivity contribution in [3.8, 4) is 0 Å². The Kier molecular flexibility index (Phi) is 4.56. The first-order valence-corrected chi connectivity index (χ1v) is 6.98. The van der Waals surface area contributed by atoms with E-state index in [2.05, 4.69) is 24.2 Å². The Morgan fingerprint density at radius 1 is 1.32 bits per heavy atom. The van der Waals surface area contributed by atoms with Crippen LogP contribution in [0.3, 0.4) is 0 Å². The predicted molar refractivity (Wildman–Crippen MR) is 76.4 cm³/mol. The second-order valence-corrected chi connectivity index (χ2v) is 5.43. The van der Waals surface area contributed by atoms with Gasteiger partial charge in [0.25, 0.3) is 5.91 Å². The number of amides is 1. The van der Waals surface area contributed by atoms with Crippen LogP contribution in [0.5, 0.6) is 0 Å². The number of nitrogens with zero attached hydrogens (tertiary/aromatic N) is 1. The number of rotatable bonds is 3. The summed E-state index contributed by atoms with van der Waals surface area (Å²) in [6, 6.07) is 8.82. The van der Waals surface area contributed by atoms with Crippen molar-refractivity contribution in [3.05, 3.63) is 35.4 Å². The number of nitrogens with two attached hydrogens (primary N) is 1. The minimum absolute atomic E-state index is 0.215. The van der Waals surface area contributed by atoms with Crippen molar-refractivity contribution in [2.75, 3.05) is 0 Å². The number of benzene rings is 1. The van der Waals surface area contributed by atoms with Gasteiger partial charge in [0.05, 0.1) is 0 Å². The fourth-order valence-corrected chi connectivity index (χ4v) is 2.94. The number of hydrazine groups is 1. The second kappa shape index (κ2) is 6.17. The zero-order chi connectivity index (χ0) is 13.8. The van der Waals surface area contributed by atoms with Crippen LogP contribution in [0.2, 0.25) is 0 Å². The zero-order valence-electron chi connectivity index (χ0n) is 11.7. The number of piperidine rings is 1. The molecule has 104 valence electrons. The third kappa shape index (κ3) is 3.14. The minimum Gasteiger partial charge on any atom is -0.294 e. The number of nitrogen functional groups attached to an aromatic ring is 1. The fourth-order valence-electron chi connectivity index (χ4n) is 2.94. The summed E-state index contributed by atoms with van der Waals surface area (Å²) in [6.45, 7) is 5.34. The van der Waals surface area contributed by atoms with Crippen molar-refractivity contribution in [1.29, 1.82) is 0 Å². The van der Waals surface area contributed by atoms with Crippen LogP contribution < -0.4 is 11.3 Å². The lowest BCUT2D eigenvalue weighted by Gasteiger charge is -2.39. The normalized spacial score (nSPS) is 24.2. The Balaban J connectivity index is 2.20. The number of carbonyl (C=O) groups excluding carboxylic acids is 1. The SMILES string of the molecule is CC1CCCC(C)N1Cc1ccccc1C(=O)NN. The van der Waals surface area contributed by atoms with Gasteiger partial charge in [-0.15, -0.1) is 0 Å². The monoisotopic (exact) mass is 261 g/mol. The first kappa shape index (κ1) is 14.0. The summed E-state index contributed by atoms with van der Waals surface area (Å²) in [5, 5.41) is 0. The first-order valence-electron chi connectivity index (χ1n) is 6.98. The number of carbonyl (C=O) groups is 1. The molecular weight excluding hydrogens is 238 g/mol. The van der Waals surface area contributed by atoms with Gasteiger partial charge >= 0.3 is 0 Å². The summed E-state index contributed by atoms with van der Waals surface area (Å²) < 4.78 is 0. The molecule has 0 aliphatic carbocycles. The highest BCUT2D eigenvalue weighted by atomic mass is 16.2. The maximum Gasteiger partial charge on any atom is 0.265 e. The van der Waals surface area contributed by atoms with E-state index in [1.165, 1.54) is 19.3 Å². The molecule has 0 radical (unpaired) electrons. The van der Waals surface area contributed by atoms with Crippen LogP contribution in [0.4, 0.5) is 0 Å². The minimum atomic E-state index is -0.215. The smallest absolute Gasteiger partial charge is 0.265 e. The van der Waals surface area contributed by atoms with E-state index < -0.39 is 0 Å². The van der Waals surface area contributed by atoms with Gasteiger partial charge in [0.1, 0.15) is 0 Å². The van der Waals surface area contributed by atoms with Crippen molar-refractivity contribution in [2.24, 2.45) is 5.84 Å². The van der Waals surface area contributed by atoms with Crippen LogP contribution in [0.1, 0.15) is 49.0 Å². The highest BCUT2D eigenvalue weighted by Gasteiger charge is 2.25. The van der Waals surface area contributed by atoms with Crippen LogP contribution in [-0.2, 0) is 6.54 Å². The van der Waals surface area contributed by atoms with Crippen LogP contribution >= 0.6 is 0 Å². The van der Waals surface area contributed by atoms with Crippen LogP contribution in [0.15, 0.2) is 24.3 Å². The van der Waals surface area contributed by atoms with E-state index in [0.717, 1.165) is 12.1 Å². The summed E-state index contributed by atoms with van der Waals surface area (Å²) in [7, 11) is 0. The molecule has 1 aliphatic rings. The number of hydrogen-bond donors (Lipinski definition) is 2. The molecule has 1 aromatic carbocycles. The lowest BCUT2D eigenvalue weighted by atomic mass is 9.96. The highest BCUT2D eigenvalue weighted by Crippen LogP contribution is 2.25. The molecule has 0 aromatic heterocycles. The third-order valence-electron chi connectivity index (χ3n) is 4.12. The molecule has 0 saturated carbocycles. The maximum absolute atomic E-state index is 11.8. The van der Waals surface area contributed by atoms with Gasteiger partial charge in [0.2, 0.25) is 0 Å². The molecule has 0 bridgehead atoms. The fraction of sp³-hybridized carbons (Fsp3) is 0.533. The lowest BCUT2D eigenvalue weighted by molar-refractivity contribution is 0.0906. The quantitative estimate of drug-likeness (QED) is 0.497. The maximum atomic E-state index is 11.8. The van der Waals surface area contributed by atoms with E-state index in [-0.39, 0.29) is 5.91 Å². The lowest BCUT2D eigenvalue weighted by Crippen LogP contribution is -2.43. The summed E-state index contributed by atoms with van der Waals surface area (Å²) >= 11 is 0. The molecule has 1 aromatic rings. The van der Waals surface area contributed by atoms with E-state index in [1.54, 1.807) is 0 Å². The van der Waals surface area contributed by atoms with Crippen LogP contribution in [-0.4, -0.2) is 22.9 Å². The van der Waals surface area contributed by atoms with Crippen LogP contribution in [0.25, 0.3) is 0 Å². The number of nitrogens with one attached hydrogen (secondary N) is 1. The Hall–Kier alpha value is -1.39. The topological polar surface area (TPSA) is 58.4 Å². The van der Waals surface area contributed by atoms with Gasteiger partial charge in [-0.2, -0.15) is 0 Å². The molecule has 1 amide bonds. The summed E-state index contributed by atoms with van der Waals surface area (Å²) in [4.78, 5) is 14.3. The largest absolute Gasteiger partial charge is 0.294 e. The summed E-state index contributed by atoms with van der Waals surface area (Å²) in [6.07, 6.45) is 3.76. The zero-order valence-corrected chi connectivity index (χ0v) is 11.7.